The van der Waals surface area contributed by atoms with Gasteiger partial charge in [0.15, 0.2) is 0 Å². The number of ether oxygens (including phenoxy) is 1. The van der Waals surface area contributed by atoms with E-state index in [0.29, 0.717) is 16.8 Å². The predicted octanol–water partition coefficient (Wildman–Crippen LogP) is 6.62. The lowest BCUT2D eigenvalue weighted by atomic mass is 9.86. The summed E-state index contributed by atoms with van der Waals surface area (Å²) in [6.07, 6.45) is -4.71. The van der Waals surface area contributed by atoms with Crippen molar-refractivity contribution in [3.05, 3.63) is 75.8 Å². The Balaban J connectivity index is 1.92. The van der Waals surface area contributed by atoms with E-state index >= 15 is 0 Å². The van der Waals surface area contributed by atoms with Crippen LogP contribution in [0.1, 0.15) is 23.1 Å². The molecule has 2 aromatic carbocycles. The van der Waals surface area contributed by atoms with Crippen molar-refractivity contribution in [3.63, 3.8) is 0 Å². The molecule has 5 nitrogen and oxygen atoms in total. The molecule has 1 amide bonds. The first-order chi connectivity index (χ1) is 14.6. The van der Waals surface area contributed by atoms with E-state index in [0.717, 1.165) is 12.1 Å². The number of hydrogen-bond donors (Lipinski definition) is 1. The summed E-state index contributed by atoms with van der Waals surface area (Å²) in [5.41, 5.74) is -1.54. The summed E-state index contributed by atoms with van der Waals surface area (Å²) < 4.78 is 47.2. The molecule has 1 unspecified atom stereocenters. The Morgan fingerprint density at radius 2 is 1.97 bits per heavy atom. The number of nitrogens with one attached hydrogen (secondary N) is 1. The summed E-state index contributed by atoms with van der Waals surface area (Å²) in [6, 6.07) is 8.37. The normalized spacial score (nSPS) is 18.2. The van der Waals surface area contributed by atoms with Crippen LogP contribution >= 0.6 is 23.2 Å². The van der Waals surface area contributed by atoms with E-state index in [4.69, 9.17) is 32.8 Å². The Bertz CT molecular complexity index is 1040. The minimum Gasteiger partial charge on any atom is -0.445 e. The molecule has 0 aliphatic carbocycles. The molecule has 31 heavy (non-hydrogen) atoms. The van der Waals surface area contributed by atoms with Crippen LogP contribution in [0.4, 0.5) is 23.7 Å². The van der Waals surface area contributed by atoms with Crippen molar-refractivity contribution in [1.29, 1.82) is 0 Å². The molecule has 10 heteroatoms. The summed E-state index contributed by atoms with van der Waals surface area (Å²) in [6.45, 7) is 5.20. The van der Waals surface area contributed by atoms with Gasteiger partial charge in [-0.1, -0.05) is 53.1 Å². The third-order valence-electron chi connectivity index (χ3n) is 4.65. The van der Waals surface area contributed by atoms with Gasteiger partial charge in [0.2, 0.25) is 0 Å². The van der Waals surface area contributed by atoms with Crippen molar-refractivity contribution in [2.75, 3.05) is 11.9 Å². The first-order valence-electron chi connectivity index (χ1n) is 9.00. The molecule has 1 N–H and O–H groups in total. The maximum absolute atomic E-state index is 14.1. The van der Waals surface area contributed by atoms with Crippen LogP contribution in [0.5, 0.6) is 0 Å². The average molecular weight is 473 g/mol. The quantitative estimate of drug-likeness (QED) is 0.497. The minimum absolute atomic E-state index is 0.0153. The molecule has 1 atom stereocenters. The molecule has 0 aromatic heterocycles. The molecule has 0 radical (unpaired) electrons. The molecule has 164 valence electrons. The number of nitrogens with zero attached hydrogens (tertiary/aromatic N) is 1. The number of amides is 1. The van der Waals surface area contributed by atoms with Crippen molar-refractivity contribution in [3.8, 4) is 0 Å². The van der Waals surface area contributed by atoms with Gasteiger partial charge < -0.3 is 9.57 Å². The van der Waals surface area contributed by atoms with Crippen LogP contribution in [0.15, 0.2) is 54.2 Å². The van der Waals surface area contributed by atoms with E-state index in [2.05, 4.69) is 17.1 Å². The SMILES string of the molecule is C=CCOC(=O)Nc1cc(C2=NOC(c3cc(Cl)cc(Cl)c3)(C(F)(F)F)C2)ccc1C. The van der Waals surface area contributed by atoms with Gasteiger partial charge in [-0.25, -0.2) is 4.79 Å². The van der Waals surface area contributed by atoms with E-state index in [9.17, 15) is 18.0 Å². The topological polar surface area (TPSA) is 59.9 Å². The maximum Gasteiger partial charge on any atom is 0.435 e. The lowest BCUT2D eigenvalue weighted by Gasteiger charge is -2.29. The van der Waals surface area contributed by atoms with Gasteiger partial charge in [0, 0.05) is 33.3 Å². The summed E-state index contributed by atoms with van der Waals surface area (Å²) in [5, 5.41) is 6.35. The number of carbonyl (C=O) groups excluding carboxylic acids is 1. The molecule has 0 bridgehead atoms. The zero-order chi connectivity index (χ0) is 22.8. The molecule has 0 saturated carbocycles. The molecule has 0 fully saturated rings. The number of halogens is 5. The molecule has 3 rings (SSSR count). The fourth-order valence-corrected chi connectivity index (χ4v) is 3.59. The zero-order valence-electron chi connectivity index (χ0n) is 16.2. The van der Waals surface area contributed by atoms with Crippen molar-refractivity contribution >= 4 is 40.7 Å². The van der Waals surface area contributed by atoms with Gasteiger partial charge in [-0.05, 0) is 36.8 Å². The number of hydrogen-bond acceptors (Lipinski definition) is 4. The predicted molar refractivity (Wildman–Crippen MR) is 113 cm³/mol. The highest BCUT2D eigenvalue weighted by Crippen LogP contribution is 2.49. The summed E-state index contributed by atoms with van der Waals surface area (Å²) >= 11 is 11.8. The van der Waals surface area contributed by atoms with Gasteiger partial charge in [-0.2, -0.15) is 13.2 Å². The fourth-order valence-electron chi connectivity index (χ4n) is 3.06. The van der Waals surface area contributed by atoms with Gasteiger partial charge in [0.1, 0.15) is 6.61 Å². The number of carbonyl (C=O) groups is 1. The van der Waals surface area contributed by atoms with Crippen molar-refractivity contribution < 1.29 is 27.5 Å². The highest BCUT2D eigenvalue weighted by Gasteiger charge is 2.62. The maximum atomic E-state index is 14.1. The summed E-state index contributed by atoms with van der Waals surface area (Å²) in [4.78, 5) is 16.8. The van der Waals surface area contributed by atoms with E-state index in [-0.39, 0.29) is 27.9 Å². The minimum atomic E-state index is -4.80. The zero-order valence-corrected chi connectivity index (χ0v) is 17.7. The van der Waals surface area contributed by atoms with E-state index < -0.39 is 24.3 Å². The van der Waals surface area contributed by atoms with E-state index in [1.54, 1.807) is 19.1 Å². The Kier molecular flexibility index (Phi) is 6.52. The third kappa shape index (κ3) is 4.80. The highest BCUT2D eigenvalue weighted by atomic mass is 35.5. The molecular weight excluding hydrogens is 456 g/mol. The molecule has 1 aliphatic rings. The second-order valence-electron chi connectivity index (χ2n) is 6.83. The van der Waals surface area contributed by atoms with Crippen LogP contribution < -0.4 is 5.32 Å². The number of benzene rings is 2. The molecule has 0 spiro atoms. The number of anilines is 1. The third-order valence-corrected chi connectivity index (χ3v) is 5.09. The first-order valence-corrected chi connectivity index (χ1v) is 9.75. The van der Waals surface area contributed by atoms with Gasteiger partial charge in [-0.15, -0.1) is 0 Å². The van der Waals surface area contributed by atoms with E-state index in [1.165, 1.54) is 18.2 Å². The Morgan fingerprint density at radius 1 is 1.29 bits per heavy atom. The van der Waals surface area contributed by atoms with Gasteiger partial charge in [-0.3, -0.25) is 5.32 Å². The van der Waals surface area contributed by atoms with Crippen LogP contribution in [0.2, 0.25) is 10.0 Å². The molecule has 1 aliphatic heterocycles. The molecular formula is C21H17Cl2F3N2O3. The highest BCUT2D eigenvalue weighted by molar-refractivity contribution is 6.34. The number of rotatable bonds is 5. The molecule has 1 heterocycles. The number of aryl methyl sites for hydroxylation is 1. The lowest BCUT2D eigenvalue weighted by Crippen LogP contribution is -2.42. The van der Waals surface area contributed by atoms with Crippen LogP contribution in [0.3, 0.4) is 0 Å². The number of alkyl halides is 3. The summed E-state index contributed by atoms with van der Waals surface area (Å²) in [7, 11) is 0. The molecule has 0 saturated heterocycles. The average Bonchev–Trinajstić information content (AvgIpc) is 3.14. The standard InChI is InChI=1S/C21H17Cl2F3N2O3/c1-3-6-30-19(29)27-17-7-13(5-4-12(17)2)18-11-20(31-28-18,21(24,25)26)14-8-15(22)10-16(23)9-14/h3-5,7-10H,1,6,11H2,2H3,(H,27,29). The van der Waals surface area contributed by atoms with Crippen LogP contribution in [-0.4, -0.2) is 24.6 Å². The fraction of sp³-hybridized carbons (Fsp3) is 0.238. The second-order valence-corrected chi connectivity index (χ2v) is 7.70. The summed E-state index contributed by atoms with van der Waals surface area (Å²) in [5.74, 6) is 0. The number of oxime groups is 1. The Labute approximate surface area is 186 Å². The Morgan fingerprint density at radius 3 is 2.58 bits per heavy atom. The smallest absolute Gasteiger partial charge is 0.435 e. The van der Waals surface area contributed by atoms with Gasteiger partial charge in [0.05, 0.1) is 5.71 Å². The van der Waals surface area contributed by atoms with Crippen molar-refractivity contribution in [1.82, 2.24) is 0 Å². The van der Waals surface area contributed by atoms with Gasteiger partial charge >= 0.3 is 12.3 Å². The van der Waals surface area contributed by atoms with Crippen LogP contribution in [0, 0.1) is 6.92 Å². The monoisotopic (exact) mass is 472 g/mol. The second kappa shape index (κ2) is 8.80. The Hall–Kier alpha value is -2.71. The van der Waals surface area contributed by atoms with Gasteiger partial charge in [0.25, 0.3) is 5.60 Å². The van der Waals surface area contributed by atoms with Crippen LogP contribution in [0.25, 0.3) is 0 Å². The van der Waals surface area contributed by atoms with Crippen molar-refractivity contribution in [2.45, 2.75) is 25.1 Å². The van der Waals surface area contributed by atoms with Crippen molar-refractivity contribution in [2.24, 2.45) is 5.16 Å². The van der Waals surface area contributed by atoms with E-state index in [1.807, 2.05) is 0 Å². The molecule has 2 aromatic rings. The first kappa shape index (κ1) is 23.0. The largest absolute Gasteiger partial charge is 0.445 e. The van der Waals surface area contributed by atoms with Crippen LogP contribution in [-0.2, 0) is 15.2 Å². The lowest BCUT2D eigenvalue weighted by molar-refractivity contribution is -0.275.